The van der Waals surface area contributed by atoms with Gasteiger partial charge in [0.15, 0.2) is 0 Å². The van der Waals surface area contributed by atoms with Crippen LogP contribution in [0.3, 0.4) is 0 Å². The van der Waals surface area contributed by atoms with Gasteiger partial charge >= 0.3 is 37.7 Å². The van der Waals surface area contributed by atoms with Crippen molar-refractivity contribution in [2.24, 2.45) is 0 Å². The van der Waals surface area contributed by atoms with Gasteiger partial charge < -0.3 is 8.59 Å². The minimum atomic E-state index is -4.34. The molecule has 0 spiro atoms. The van der Waals surface area contributed by atoms with E-state index < -0.39 is 15.0 Å². The maximum atomic E-state index is 10.7. The molecular formula is C6H7CaCl2NO3S. The van der Waals surface area contributed by atoms with Crippen LogP contribution in [-0.4, -0.2) is 50.7 Å². The van der Waals surface area contributed by atoms with Crippen LogP contribution >= 0.6 is 23.2 Å². The molecule has 1 rings (SSSR count). The number of hydrogen-bond acceptors (Lipinski definition) is 3. The van der Waals surface area contributed by atoms with Crippen LogP contribution in [0, 0.1) is 0 Å². The van der Waals surface area contributed by atoms with Crippen molar-refractivity contribution in [1.82, 2.24) is 0 Å². The van der Waals surface area contributed by atoms with Crippen molar-refractivity contribution in [2.75, 3.05) is 5.73 Å². The molecule has 0 saturated carbocycles. The van der Waals surface area contributed by atoms with Crippen LogP contribution in [0.5, 0.6) is 0 Å². The Balaban J connectivity index is -0.000000563. The van der Waals surface area contributed by atoms with E-state index in [9.17, 15) is 8.42 Å². The summed E-state index contributed by atoms with van der Waals surface area (Å²) >= 11 is 11.1. The molecule has 1 aromatic carbocycles. The average Bonchev–Trinajstić information content (AvgIpc) is 1.94. The van der Waals surface area contributed by atoms with Gasteiger partial charge in [0.05, 0.1) is 15.7 Å². The van der Waals surface area contributed by atoms with Crippen molar-refractivity contribution in [3.63, 3.8) is 0 Å². The number of hydrogen-bond donors (Lipinski definition) is 2. The fourth-order valence-corrected chi connectivity index (χ4v) is 1.79. The smallest absolute Gasteiger partial charge is 1.00 e. The monoisotopic (exact) mass is 283 g/mol. The van der Waals surface area contributed by atoms with Crippen molar-refractivity contribution in [2.45, 2.75) is 4.90 Å². The molecule has 4 nitrogen and oxygen atoms in total. The first kappa shape index (κ1) is 14.8. The molecule has 0 aliphatic heterocycles. The Morgan fingerprint density at radius 1 is 1.29 bits per heavy atom. The van der Waals surface area contributed by atoms with E-state index in [1.165, 1.54) is 0 Å². The van der Waals surface area contributed by atoms with E-state index in [2.05, 4.69) is 0 Å². The Kier molecular flexibility index (Phi) is 5.49. The molecule has 0 fully saturated rings. The molecule has 76 valence electrons. The molecule has 0 aliphatic rings. The minimum Gasteiger partial charge on any atom is -1.00 e. The van der Waals surface area contributed by atoms with Crippen LogP contribution < -0.4 is 5.73 Å². The minimum absolute atomic E-state index is 0. The summed E-state index contributed by atoms with van der Waals surface area (Å²) in [5.41, 5.74) is 5.15. The van der Waals surface area contributed by atoms with Gasteiger partial charge in [-0.1, -0.05) is 23.2 Å². The summed E-state index contributed by atoms with van der Waals surface area (Å²) in [7, 11) is -4.34. The van der Waals surface area contributed by atoms with Gasteiger partial charge in [-0.15, -0.1) is 0 Å². The van der Waals surface area contributed by atoms with Crippen LogP contribution in [0.2, 0.25) is 10.0 Å². The Hall–Kier alpha value is 0.770. The average molecular weight is 284 g/mol. The van der Waals surface area contributed by atoms with E-state index in [0.717, 1.165) is 12.1 Å². The maximum absolute atomic E-state index is 10.7. The van der Waals surface area contributed by atoms with Crippen molar-refractivity contribution in [3.8, 4) is 0 Å². The molecule has 0 saturated heterocycles. The molecule has 8 heteroatoms. The summed E-state index contributed by atoms with van der Waals surface area (Å²) in [5.74, 6) is 0. The number of benzene rings is 1. The van der Waals surface area contributed by atoms with Crippen LogP contribution in [0.4, 0.5) is 5.69 Å². The van der Waals surface area contributed by atoms with Crippen molar-refractivity contribution >= 4 is 76.7 Å². The van der Waals surface area contributed by atoms with Gasteiger partial charge in [-0.25, -0.2) is 0 Å². The van der Waals surface area contributed by atoms with E-state index in [0.29, 0.717) is 0 Å². The van der Waals surface area contributed by atoms with Crippen LogP contribution in [0.15, 0.2) is 17.0 Å². The topological polar surface area (TPSA) is 80.4 Å². The van der Waals surface area contributed by atoms with E-state index >= 15 is 0 Å². The Labute approximate surface area is 124 Å². The molecule has 14 heavy (non-hydrogen) atoms. The molecule has 0 unspecified atom stereocenters. The standard InChI is InChI=1S/C6H5Cl2NO3S.Ca.2H/c7-3-1-5(9)6(2-4(3)8)13(10,11)12;;;/h1-2H,9H2,(H,10,11,12);;;/q;+2;2*-1. The molecule has 3 N–H and O–H groups in total. The third-order valence-electron chi connectivity index (χ3n) is 1.33. The van der Waals surface area contributed by atoms with Crippen molar-refractivity contribution in [3.05, 3.63) is 22.2 Å². The van der Waals surface area contributed by atoms with E-state index in [1.54, 1.807) is 0 Å². The number of rotatable bonds is 1. The van der Waals surface area contributed by atoms with Gasteiger partial charge in [-0.05, 0) is 12.1 Å². The SMILES string of the molecule is Nc1cc(Cl)c(Cl)cc1S(=O)(=O)O.[Ca+2].[H-].[H-]. The fraction of sp³-hybridized carbons (Fsp3) is 0. The van der Waals surface area contributed by atoms with Gasteiger partial charge in [0.2, 0.25) is 0 Å². The third-order valence-corrected chi connectivity index (χ3v) is 2.96. The summed E-state index contributed by atoms with van der Waals surface area (Å²) in [4.78, 5) is -0.443. The van der Waals surface area contributed by atoms with Crippen LogP contribution in [0.25, 0.3) is 0 Å². The van der Waals surface area contributed by atoms with Gasteiger partial charge in [-0.3, -0.25) is 4.55 Å². The second kappa shape index (κ2) is 5.21. The molecule has 0 aromatic heterocycles. The molecule has 0 heterocycles. The van der Waals surface area contributed by atoms with E-state index in [4.69, 9.17) is 33.5 Å². The van der Waals surface area contributed by atoms with Crippen LogP contribution in [0.1, 0.15) is 2.85 Å². The molecule has 0 atom stereocenters. The van der Waals surface area contributed by atoms with Crippen LogP contribution in [-0.2, 0) is 10.1 Å². The second-order valence-electron chi connectivity index (χ2n) is 2.28. The summed E-state index contributed by atoms with van der Waals surface area (Å²) in [6.07, 6.45) is 0. The van der Waals surface area contributed by atoms with Gasteiger partial charge in [0, 0.05) is 0 Å². The summed E-state index contributed by atoms with van der Waals surface area (Å²) in [6, 6.07) is 2.15. The third kappa shape index (κ3) is 3.41. The fourth-order valence-electron chi connectivity index (χ4n) is 0.767. The molecule has 0 bridgehead atoms. The quantitative estimate of drug-likeness (QED) is 0.467. The zero-order valence-electron chi connectivity index (χ0n) is 8.87. The zero-order valence-corrected chi connectivity index (χ0v) is 11.4. The summed E-state index contributed by atoms with van der Waals surface area (Å²) in [5, 5.41) is 0.148. The molecule has 0 amide bonds. The first-order chi connectivity index (χ1) is 5.82. The zero-order chi connectivity index (χ0) is 10.2. The van der Waals surface area contributed by atoms with Crippen molar-refractivity contribution < 1.29 is 15.8 Å². The maximum Gasteiger partial charge on any atom is 2.00 e. The largest absolute Gasteiger partial charge is 2.00 e. The number of nitrogen functional groups attached to an aromatic ring is 1. The number of anilines is 1. The number of halogens is 2. The van der Waals surface area contributed by atoms with Gasteiger partial charge in [0.25, 0.3) is 10.1 Å². The Bertz CT molecular complexity index is 457. The van der Waals surface area contributed by atoms with E-state index in [-0.39, 0.29) is 56.3 Å². The van der Waals surface area contributed by atoms with Gasteiger partial charge in [-0.2, -0.15) is 8.42 Å². The molecular weight excluding hydrogens is 277 g/mol. The first-order valence-corrected chi connectivity index (χ1v) is 5.24. The Morgan fingerprint density at radius 3 is 2.14 bits per heavy atom. The van der Waals surface area contributed by atoms with Gasteiger partial charge in [0.1, 0.15) is 4.90 Å². The predicted molar refractivity (Wildman–Crippen MR) is 58.7 cm³/mol. The Morgan fingerprint density at radius 2 is 1.71 bits per heavy atom. The molecule has 0 radical (unpaired) electrons. The van der Waals surface area contributed by atoms with E-state index in [1.807, 2.05) is 0 Å². The van der Waals surface area contributed by atoms with Crippen molar-refractivity contribution in [1.29, 1.82) is 0 Å². The summed E-state index contributed by atoms with van der Waals surface area (Å²) < 4.78 is 30.1. The normalized spacial score (nSPS) is 10.8. The first-order valence-electron chi connectivity index (χ1n) is 3.04. The molecule has 1 aromatic rings. The second-order valence-corrected chi connectivity index (χ2v) is 4.48. The number of nitrogens with two attached hydrogens (primary N) is 1. The predicted octanol–water partition coefficient (Wildman–Crippen LogP) is 1.67. The molecule has 0 aliphatic carbocycles. The summed E-state index contributed by atoms with van der Waals surface area (Å²) in [6.45, 7) is 0.